The summed E-state index contributed by atoms with van der Waals surface area (Å²) < 4.78 is 15.8. The predicted octanol–water partition coefficient (Wildman–Crippen LogP) is 2.51. The van der Waals surface area contributed by atoms with Gasteiger partial charge in [-0.1, -0.05) is 17.3 Å². The maximum atomic E-state index is 12.6. The van der Waals surface area contributed by atoms with Gasteiger partial charge in [0.25, 0.3) is 5.91 Å². The van der Waals surface area contributed by atoms with E-state index < -0.39 is 0 Å². The van der Waals surface area contributed by atoms with Crippen molar-refractivity contribution in [1.82, 2.24) is 20.4 Å². The molecule has 1 saturated heterocycles. The van der Waals surface area contributed by atoms with Crippen LogP contribution in [0.2, 0.25) is 0 Å². The van der Waals surface area contributed by atoms with E-state index in [0.717, 1.165) is 49.7 Å². The minimum Gasteiger partial charge on any atom is -0.497 e. The number of hydrogen-bond donors (Lipinski definition) is 1. The van der Waals surface area contributed by atoms with E-state index in [1.807, 2.05) is 42.5 Å². The zero-order valence-electron chi connectivity index (χ0n) is 16.8. The summed E-state index contributed by atoms with van der Waals surface area (Å²) in [5.41, 5.74) is 2.52. The Balaban J connectivity index is 1.34. The highest BCUT2D eigenvalue weighted by atomic mass is 16.5. The van der Waals surface area contributed by atoms with E-state index in [2.05, 4.69) is 20.4 Å². The van der Waals surface area contributed by atoms with Gasteiger partial charge in [-0.2, -0.15) is 4.98 Å². The molecule has 0 unspecified atom stereocenters. The molecule has 0 atom stereocenters. The average Bonchev–Trinajstić information content (AvgIpc) is 3.27. The van der Waals surface area contributed by atoms with Crippen LogP contribution in [0.1, 0.15) is 21.8 Å². The van der Waals surface area contributed by atoms with Crippen LogP contribution in [0, 0.1) is 0 Å². The fraction of sp³-hybridized carbons (Fsp3) is 0.318. The third-order valence-electron chi connectivity index (χ3n) is 4.92. The highest BCUT2D eigenvalue weighted by Crippen LogP contribution is 2.19. The molecule has 3 aromatic rings. The summed E-state index contributed by atoms with van der Waals surface area (Å²) in [6.07, 6.45) is 0. The Bertz CT molecular complexity index is 981. The molecule has 0 bridgehead atoms. The van der Waals surface area contributed by atoms with Crippen molar-refractivity contribution in [2.75, 3.05) is 33.4 Å². The second-order valence-corrected chi connectivity index (χ2v) is 7.01. The summed E-state index contributed by atoms with van der Waals surface area (Å²) in [5, 5.41) is 6.82. The van der Waals surface area contributed by atoms with E-state index >= 15 is 0 Å². The number of morpholine rings is 1. The number of nitrogens with one attached hydrogen (secondary N) is 1. The average molecular weight is 408 g/mol. The summed E-state index contributed by atoms with van der Waals surface area (Å²) in [4.78, 5) is 19.2. The third-order valence-corrected chi connectivity index (χ3v) is 4.92. The van der Waals surface area contributed by atoms with Crippen LogP contribution >= 0.6 is 0 Å². The van der Waals surface area contributed by atoms with Gasteiger partial charge in [0.1, 0.15) is 5.75 Å². The zero-order chi connectivity index (χ0) is 20.8. The molecule has 8 nitrogen and oxygen atoms in total. The molecular formula is C22H24N4O4. The van der Waals surface area contributed by atoms with Crippen LogP contribution in [0.15, 0.2) is 53.1 Å². The lowest BCUT2D eigenvalue weighted by Crippen LogP contribution is -2.35. The lowest BCUT2D eigenvalue weighted by Gasteiger charge is -2.26. The standard InChI is InChI=1S/C22H24N4O4/c1-28-19-7-5-17(6-8-19)21-24-20(30-25-21)14-23-22(27)18-4-2-3-16(13-18)15-26-9-11-29-12-10-26/h2-8,13H,9-12,14-15H2,1H3,(H,23,27). The van der Waals surface area contributed by atoms with Crippen LogP contribution in [0.3, 0.4) is 0 Å². The summed E-state index contributed by atoms with van der Waals surface area (Å²) in [6.45, 7) is 4.29. The molecule has 0 spiro atoms. The Morgan fingerprint density at radius 2 is 1.97 bits per heavy atom. The van der Waals surface area contributed by atoms with Crippen LogP contribution < -0.4 is 10.1 Å². The first kappa shape index (κ1) is 20.1. The topological polar surface area (TPSA) is 89.7 Å². The van der Waals surface area contributed by atoms with Crippen molar-refractivity contribution < 1.29 is 18.8 Å². The quantitative estimate of drug-likeness (QED) is 0.642. The first-order chi connectivity index (χ1) is 14.7. The van der Waals surface area contributed by atoms with Crippen molar-refractivity contribution in [1.29, 1.82) is 0 Å². The van der Waals surface area contributed by atoms with E-state index in [0.29, 0.717) is 17.3 Å². The Morgan fingerprint density at radius 3 is 2.73 bits per heavy atom. The van der Waals surface area contributed by atoms with E-state index in [1.165, 1.54) is 0 Å². The normalized spacial score (nSPS) is 14.4. The van der Waals surface area contributed by atoms with Gasteiger partial charge in [-0.15, -0.1) is 0 Å². The van der Waals surface area contributed by atoms with Gasteiger partial charge in [0.15, 0.2) is 0 Å². The number of benzene rings is 2. The highest BCUT2D eigenvalue weighted by molar-refractivity contribution is 5.94. The zero-order valence-corrected chi connectivity index (χ0v) is 16.8. The molecule has 0 radical (unpaired) electrons. The summed E-state index contributed by atoms with van der Waals surface area (Å²) in [7, 11) is 1.61. The molecule has 1 fully saturated rings. The van der Waals surface area contributed by atoms with Crippen molar-refractivity contribution in [3.63, 3.8) is 0 Å². The molecule has 2 aromatic carbocycles. The molecule has 156 valence electrons. The Labute approximate surface area is 174 Å². The fourth-order valence-electron chi connectivity index (χ4n) is 3.27. The number of hydrogen-bond acceptors (Lipinski definition) is 7. The third kappa shape index (κ3) is 5.03. The summed E-state index contributed by atoms with van der Waals surface area (Å²) >= 11 is 0. The monoisotopic (exact) mass is 408 g/mol. The Morgan fingerprint density at radius 1 is 1.17 bits per heavy atom. The number of ether oxygens (including phenoxy) is 2. The first-order valence-corrected chi connectivity index (χ1v) is 9.85. The van der Waals surface area contributed by atoms with Gasteiger partial charge < -0.3 is 19.3 Å². The maximum absolute atomic E-state index is 12.6. The van der Waals surface area contributed by atoms with Crippen LogP contribution in [0.5, 0.6) is 5.75 Å². The van der Waals surface area contributed by atoms with Crippen LogP contribution in [-0.4, -0.2) is 54.4 Å². The van der Waals surface area contributed by atoms with Crippen LogP contribution in [0.25, 0.3) is 11.4 Å². The molecule has 1 aromatic heterocycles. The minimum absolute atomic E-state index is 0.162. The number of nitrogens with zero attached hydrogens (tertiary/aromatic N) is 3. The molecule has 4 rings (SSSR count). The van der Waals surface area contributed by atoms with Crippen molar-refractivity contribution in [2.45, 2.75) is 13.1 Å². The molecule has 0 saturated carbocycles. The number of carbonyl (C=O) groups excluding carboxylic acids is 1. The Kier molecular flexibility index (Phi) is 6.36. The number of aromatic nitrogens is 2. The molecular weight excluding hydrogens is 384 g/mol. The van der Waals surface area contributed by atoms with E-state index in [1.54, 1.807) is 13.2 Å². The predicted molar refractivity (Wildman–Crippen MR) is 110 cm³/mol. The van der Waals surface area contributed by atoms with Gasteiger partial charge >= 0.3 is 0 Å². The first-order valence-electron chi connectivity index (χ1n) is 9.85. The number of methoxy groups -OCH3 is 1. The second kappa shape index (κ2) is 9.51. The van der Waals surface area contributed by atoms with Gasteiger partial charge in [-0.3, -0.25) is 9.69 Å². The van der Waals surface area contributed by atoms with Crippen LogP contribution in [-0.2, 0) is 17.8 Å². The fourth-order valence-corrected chi connectivity index (χ4v) is 3.27. The van der Waals surface area contributed by atoms with Gasteiger partial charge in [0, 0.05) is 30.8 Å². The van der Waals surface area contributed by atoms with E-state index in [4.69, 9.17) is 14.0 Å². The minimum atomic E-state index is -0.178. The lowest BCUT2D eigenvalue weighted by atomic mass is 10.1. The molecule has 0 aliphatic carbocycles. The largest absolute Gasteiger partial charge is 0.497 e. The second-order valence-electron chi connectivity index (χ2n) is 7.01. The van der Waals surface area contributed by atoms with Crippen molar-refractivity contribution in [2.24, 2.45) is 0 Å². The summed E-state index contributed by atoms with van der Waals surface area (Å²) in [5.74, 6) is 1.39. The number of amides is 1. The van der Waals surface area contributed by atoms with E-state index in [9.17, 15) is 4.79 Å². The van der Waals surface area contributed by atoms with Gasteiger partial charge in [0.05, 0.1) is 26.9 Å². The van der Waals surface area contributed by atoms with Crippen LogP contribution in [0.4, 0.5) is 0 Å². The molecule has 2 heterocycles. The lowest BCUT2D eigenvalue weighted by molar-refractivity contribution is 0.0342. The van der Waals surface area contributed by atoms with E-state index in [-0.39, 0.29) is 12.5 Å². The molecule has 1 aliphatic heterocycles. The summed E-state index contributed by atoms with van der Waals surface area (Å²) in [6, 6.07) is 15.0. The highest BCUT2D eigenvalue weighted by Gasteiger charge is 2.14. The van der Waals surface area contributed by atoms with Crippen molar-refractivity contribution in [3.05, 3.63) is 65.5 Å². The molecule has 8 heteroatoms. The molecule has 30 heavy (non-hydrogen) atoms. The van der Waals surface area contributed by atoms with Gasteiger partial charge in [-0.25, -0.2) is 0 Å². The van der Waals surface area contributed by atoms with Crippen molar-refractivity contribution >= 4 is 5.91 Å². The number of rotatable bonds is 7. The molecule has 1 N–H and O–H groups in total. The molecule has 1 amide bonds. The smallest absolute Gasteiger partial charge is 0.251 e. The van der Waals surface area contributed by atoms with Gasteiger partial charge in [0.2, 0.25) is 11.7 Å². The number of carbonyl (C=O) groups is 1. The Hall–Kier alpha value is -3.23. The van der Waals surface area contributed by atoms with Gasteiger partial charge in [-0.05, 0) is 42.0 Å². The maximum Gasteiger partial charge on any atom is 0.251 e. The van der Waals surface area contributed by atoms with Crippen molar-refractivity contribution in [3.8, 4) is 17.1 Å². The SMILES string of the molecule is COc1ccc(-c2noc(CNC(=O)c3cccc(CN4CCOCC4)c3)n2)cc1. The molecule has 1 aliphatic rings.